The lowest BCUT2D eigenvalue weighted by molar-refractivity contribution is -0.180. The summed E-state index contributed by atoms with van der Waals surface area (Å²) in [5, 5.41) is 21.5. The Balaban J connectivity index is 2.39. The molecule has 5 atom stereocenters. The molecule has 122 valence electrons. The highest BCUT2D eigenvalue weighted by Crippen LogP contribution is 2.63. The minimum atomic E-state index is -0.902. The molecule has 2 N–H and O–H groups in total. The van der Waals surface area contributed by atoms with E-state index in [-0.39, 0.29) is 11.3 Å². The van der Waals surface area contributed by atoms with E-state index in [0.29, 0.717) is 17.8 Å². The molecule has 2 aliphatic carbocycles. The molecule has 2 nitrogen and oxygen atoms in total. The van der Waals surface area contributed by atoms with Crippen molar-refractivity contribution < 1.29 is 10.2 Å². The summed E-state index contributed by atoms with van der Waals surface area (Å²) in [6.07, 6.45) is 7.84. The molecular weight excluding hydrogens is 260 g/mol. The smallest absolute Gasteiger partial charge is 0.0801 e. The number of fused-ring (bicyclic) bond motifs is 1. The van der Waals surface area contributed by atoms with Crippen molar-refractivity contribution in [2.24, 2.45) is 22.7 Å². The molecule has 0 unspecified atom stereocenters. The molecule has 2 saturated carbocycles. The zero-order valence-corrected chi connectivity index (χ0v) is 14.6. The van der Waals surface area contributed by atoms with Crippen molar-refractivity contribution in [2.75, 3.05) is 0 Å². The van der Waals surface area contributed by atoms with E-state index >= 15 is 0 Å². The molecule has 0 radical (unpaired) electrons. The fraction of sp³-hybridized carbons (Fsp3) is 0.895. The van der Waals surface area contributed by atoms with Gasteiger partial charge < -0.3 is 10.2 Å². The summed E-state index contributed by atoms with van der Waals surface area (Å²) < 4.78 is 0. The van der Waals surface area contributed by atoms with Gasteiger partial charge in [0.05, 0.1) is 11.2 Å². The second kappa shape index (κ2) is 5.09. The van der Waals surface area contributed by atoms with Crippen LogP contribution in [0.2, 0.25) is 0 Å². The van der Waals surface area contributed by atoms with Crippen LogP contribution >= 0.6 is 0 Å². The minimum absolute atomic E-state index is 0.108. The Morgan fingerprint density at radius 2 is 1.81 bits per heavy atom. The van der Waals surface area contributed by atoms with Crippen LogP contribution in [0.25, 0.3) is 0 Å². The molecule has 2 rings (SSSR count). The Labute approximate surface area is 130 Å². The van der Waals surface area contributed by atoms with E-state index in [0.717, 1.165) is 19.3 Å². The van der Waals surface area contributed by atoms with Gasteiger partial charge in [-0.15, -0.1) is 6.58 Å². The zero-order chi connectivity index (χ0) is 16.1. The van der Waals surface area contributed by atoms with E-state index in [1.54, 1.807) is 6.08 Å². The highest BCUT2D eigenvalue weighted by atomic mass is 16.3. The number of hydrogen-bond donors (Lipinski definition) is 2. The van der Waals surface area contributed by atoms with E-state index in [2.05, 4.69) is 27.4 Å². The van der Waals surface area contributed by atoms with Crippen LogP contribution in [-0.4, -0.2) is 21.4 Å². The van der Waals surface area contributed by atoms with Crippen LogP contribution in [-0.2, 0) is 0 Å². The lowest BCUT2D eigenvalue weighted by atomic mass is 9.44. The van der Waals surface area contributed by atoms with E-state index in [1.807, 2.05) is 13.8 Å². The Bertz CT molecular complexity index is 408. The first kappa shape index (κ1) is 17.0. The summed E-state index contributed by atoms with van der Waals surface area (Å²) >= 11 is 0. The summed E-state index contributed by atoms with van der Waals surface area (Å²) in [5.41, 5.74) is -1.15. The van der Waals surface area contributed by atoms with Gasteiger partial charge in [-0.1, -0.05) is 33.3 Å². The highest BCUT2D eigenvalue weighted by Gasteiger charge is 2.58. The van der Waals surface area contributed by atoms with E-state index in [1.165, 1.54) is 12.8 Å². The molecule has 0 aromatic carbocycles. The first-order valence-electron chi connectivity index (χ1n) is 8.53. The third kappa shape index (κ3) is 2.94. The van der Waals surface area contributed by atoms with Gasteiger partial charge in [0.2, 0.25) is 0 Å². The fourth-order valence-electron chi connectivity index (χ4n) is 5.57. The minimum Gasteiger partial charge on any atom is -0.390 e. The number of rotatable bonds is 3. The molecular formula is C19H34O2. The fourth-order valence-corrected chi connectivity index (χ4v) is 5.57. The summed E-state index contributed by atoms with van der Waals surface area (Å²) in [6.45, 7) is 14.7. The normalized spacial score (nSPS) is 45.5. The standard InChI is InChI=1S/C19H34O2/c1-7-17(4,20)13-15-18(5)11-8-10-16(2,3)14(18)9-12-19(15,6)21/h7,14-15,20-21H,1,8-13H2,2-6H3/t14-,15+,17-,18+,19+/m1/s1. The average molecular weight is 294 g/mol. The second-order valence-corrected chi connectivity index (χ2v) is 9.11. The Kier molecular flexibility index (Phi) is 4.13. The largest absolute Gasteiger partial charge is 0.390 e. The molecule has 2 fully saturated rings. The van der Waals surface area contributed by atoms with Gasteiger partial charge >= 0.3 is 0 Å². The molecule has 0 saturated heterocycles. The van der Waals surface area contributed by atoms with Crippen LogP contribution in [0.4, 0.5) is 0 Å². The highest BCUT2D eigenvalue weighted by molar-refractivity contribution is 5.10. The SMILES string of the molecule is C=C[C@@](C)(O)C[C@H]1[C@@]2(C)CCCC(C)(C)[C@H]2CC[C@]1(C)O. The van der Waals surface area contributed by atoms with Crippen molar-refractivity contribution in [2.45, 2.75) is 84.3 Å². The molecule has 0 bridgehead atoms. The van der Waals surface area contributed by atoms with Gasteiger partial charge in [-0.3, -0.25) is 0 Å². The molecule has 0 heterocycles. The number of hydrogen-bond acceptors (Lipinski definition) is 2. The van der Waals surface area contributed by atoms with Crippen LogP contribution in [0.1, 0.15) is 73.1 Å². The first-order valence-corrected chi connectivity index (χ1v) is 8.53. The van der Waals surface area contributed by atoms with E-state index < -0.39 is 11.2 Å². The Morgan fingerprint density at radius 1 is 1.19 bits per heavy atom. The van der Waals surface area contributed by atoms with Crippen molar-refractivity contribution in [3.63, 3.8) is 0 Å². The topological polar surface area (TPSA) is 40.5 Å². The van der Waals surface area contributed by atoms with Crippen molar-refractivity contribution >= 4 is 0 Å². The van der Waals surface area contributed by atoms with Crippen LogP contribution in [0, 0.1) is 22.7 Å². The maximum atomic E-state index is 11.0. The van der Waals surface area contributed by atoms with Gasteiger partial charge in [0, 0.05) is 0 Å². The Hall–Kier alpha value is -0.340. The van der Waals surface area contributed by atoms with E-state index in [9.17, 15) is 10.2 Å². The second-order valence-electron chi connectivity index (χ2n) is 9.11. The molecule has 0 aliphatic heterocycles. The van der Waals surface area contributed by atoms with Crippen LogP contribution < -0.4 is 0 Å². The molecule has 0 spiro atoms. The molecule has 2 heteroatoms. The summed E-state index contributed by atoms with van der Waals surface area (Å²) in [6, 6.07) is 0. The van der Waals surface area contributed by atoms with Crippen LogP contribution in [0.15, 0.2) is 12.7 Å². The summed E-state index contributed by atoms with van der Waals surface area (Å²) in [7, 11) is 0. The van der Waals surface area contributed by atoms with Gasteiger partial charge in [0.25, 0.3) is 0 Å². The third-order valence-electron chi connectivity index (χ3n) is 6.82. The van der Waals surface area contributed by atoms with Gasteiger partial charge in [-0.05, 0) is 68.6 Å². The lowest BCUT2D eigenvalue weighted by Crippen LogP contribution is -2.58. The molecule has 0 amide bonds. The molecule has 0 aromatic rings. The Morgan fingerprint density at radius 3 is 2.38 bits per heavy atom. The van der Waals surface area contributed by atoms with Gasteiger partial charge in [-0.25, -0.2) is 0 Å². The van der Waals surface area contributed by atoms with Gasteiger partial charge in [-0.2, -0.15) is 0 Å². The van der Waals surface area contributed by atoms with E-state index in [4.69, 9.17) is 0 Å². The van der Waals surface area contributed by atoms with Crippen molar-refractivity contribution in [1.82, 2.24) is 0 Å². The monoisotopic (exact) mass is 294 g/mol. The molecule has 21 heavy (non-hydrogen) atoms. The quantitative estimate of drug-likeness (QED) is 0.762. The molecule has 0 aromatic heterocycles. The predicted molar refractivity (Wildman–Crippen MR) is 88.0 cm³/mol. The van der Waals surface area contributed by atoms with Gasteiger partial charge in [0.1, 0.15) is 0 Å². The lowest BCUT2D eigenvalue weighted by Gasteiger charge is -2.62. The third-order valence-corrected chi connectivity index (χ3v) is 6.82. The maximum Gasteiger partial charge on any atom is 0.0801 e. The first-order chi connectivity index (χ1) is 9.45. The summed E-state index contributed by atoms with van der Waals surface area (Å²) in [5.74, 6) is 0.751. The van der Waals surface area contributed by atoms with Crippen molar-refractivity contribution in [3.8, 4) is 0 Å². The zero-order valence-electron chi connectivity index (χ0n) is 14.6. The molecule has 2 aliphatic rings. The van der Waals surface area contributed by atoms with Crippen molar-refractivity contribution in [3.05, 3.63) is 12.7 Å². The predicted octanol–water partition coefficient (Wildman–Crippen LogP) is 4.31. The summed E-state index contributed by atoms with van der Waals surface area (Å²) in [4.78, 5) is 0. The maximum absolute atomic E-state index is 11.0. The van der Waals surface area contributed by atoms with Crippen molar-refractivity contribution in [1.29, 1.82) is 0 Å². The van der Waals surface area contributed by atoms with Crippen LogP contribution in [0.3, 0.4) is 0 Å². The average Bonchev–Trinajstić information content (AvgIpc) is 2.33. The number of aliphatic hydroxyl groups is 2. The van der Waals surface area contributed by atoms with Crippen LogP contribution in [0.5, 0.6) is 0 Å². The van der Waals surface area contributed by atoms with Gasteiger partial charge in [0.15, 0.2) is 0 Å².